The Morgan fingerprint density at radius 3 is 2.75 bits per heavy atom. The number of nitrogens with zero attached hydrogens (tertiary/aromatic N) is 2. The van der Waals surface area contributed by atoms with Gasteiger partial charge in [-0.25, -0.2) is 4.39 Å². The molecule has 1 aliphatic heterocycles. The number of carbonyl (C=O) groups is 1. The number of hydrogen-bond acceptors (Lipinski definition) is 3. The molecule has 1 atom stereocenters. The Bertz CT molecular complexity index is 710. The molecular formula is C18H21FN2O3. The number of ether oxygens (including phenoxy) is 1. The van der Waals surface area contributed by atoms with E-state index in [0.29, 0.717) is 31.9 Å². The Kier molecular flexibility index (Phi) is 4.97. The maximum absolute atomic E-state index is 13.1. The van der Waals surface area contributed by atoms with E-state index >= 15 is 0 Å². The van der Waals surface area contributed by atoms with Crippen LogP contribution < -0.4 is 0 Å². The highest BCUT2D eigenvalue weighted by Gasteiger charge is 2.29. The summed E-state index contributed by atoms with van der Waals surface area (Å²) in [4.78, 5) is 14.7. The Hall–Kier alpha value is -2.18. The summed E-state index contributed by atoms with van der Waals surface area (Å²) in [7, 11) is 1.83. The molecule has 1 aromatic carbocycles. The molecule has 6 heteroatoms. The summed E-state index contributed by atoms with van der Waals surface area (Å²) in [5.74, 6) is -0.364. The van der Waals surface area contributed by atoms with Crippen LogP contribution >= 0.6 is 0 Å². The molecule has 3 rings (SSSR count). The summed E-state index contributed by atoms with van der Waals surface area (Å²) < 4.78 is 20.3. The monoisotopic (exact) mass is 332 g/mol. The SMILES string of the molecule is Cn1c(C(=O)N2CCOCC2CCO)ccc1-c1ccc(F)cc1. The minimum Gasteiger partial charge on any atom is -0.396 e. The second kappa shape index (κ2) is 7.15. The van der Waals surface area contributed by atoms with Crippen molar-refractivity contribution in [1.82, 2.24) is 9.47 Å². The highest BCUT2D eigenvalue weighted by Crippen LogP contribution is 2.24. The van der Waals surface area contributed by atoms with Crippen LogP contribution in [0.15, 0.2) is 36.4 Å². The van der Waals surface area contributed by atoms with Gasteiger partial charge in [0.1, 0.15) is 11.5 Å². The minimum absolute atomic E-state index is 0.0196. The molecule has 1 amide bonds. The number of benzene rings is 1. The molecule has 0 aliphatic carbocycles. The average Bonchev–Trinajstić information content (AvgIpc) is 2.97. The van der Waals surface area contributed by atoms with Crippen LogP contribution in [0.3, 0.4) is 0 Å². The van der Waals surface area contributed by atoms with Gasteiger partial charge in [-0.2, -0.15) is 0 Å². The summed E-state index contributed by atoms with van der Waals surface area (Å²) >= 11 is 0. The third-order valence-electron chi connectivity index (χ3n) is 4.43. The van der Waals surface area contributed by atoms with Crippen LogP contribution in [0.1, 0.15) is 16.9 Å². The van der Waals surface area contributed by atoms with Gasteiger partial charge in [0.05, 0.1) is 19.3 Å². The Balaban J connectivity index is 1.86. The molecule has 1 fully saturated rings. The van der Waals surface area contributed by atoms with E-state index in [0.717, 1.165) is 11.3 Å². The minimum atomic E-state index is -0.288. The highest BCUT2D eigenvalue weighted by atomic mass is 19.1. The van der Waals surface area contributed by atoms with Gasteiger partial charge in [-0.3, -0.25) is 4.79 Å². The average molecular weight is 332 g/mol. The third-order valence-corrected chi connectivity index (χ3v) is 4.43. The largest absolute Gasteiger partial charge is 0.396 e. The molecule has 1 N–H and O–H groups in total. The van der Waals surface area contributed by atoms with Crippen molar-refractivity contribution in [2.24, 2.45) is 7.05 Å². The van der Waals surface area contributed by atoms with Gasteiger partial charge >= 0.3 is 0 Å². The van der Waals surface area contributed by atoms with E-state index in [1.165, 1.54) is 12.1 Å². The van der Waals surface area contributed by atoms with E-state index in [1.807, 2.05) is 17.7 Å². The lowest BCUT2D eigenvalue weighted by atomic mass is 10.1. The number of aliphatic hydroxyl groups is 1. The third kappa shape index (κ3) is 3.20. The number of morpholine rings is 1. The van der Waals surface area contributed by atoms with Crippen LogP contribution in [0.4, 0.5) is 4.39 Å². The van der Waals surface area contributed by atoms with Crippen molar-refractivity contribution in [2.75, 3.05) is 26.4 Å². The van der Waals surface area contributed by atoms with Crippen molar-refractivity contribution in [1.29, 1.82) is 0 Å². The summed E-state index contributed by atoms with van der Waals surface area (Å²) in [5.41, 5.74) is 2.27. The standard InChI is InChI=1S/C18H21FN2O3/c1-20-16(13-2-4-14(19)5-3-13)6-7-17(20)18(23)21-9-11-24-12-15(21)8-10-22/h2-7,15,22H,8-12H2,1H3. The van der Waals surface area contributed by atoms with Crippen molar-refractivity contribution < 1.29 is 19.0 Å². The van der Waals surface area contributed by atoms with E-state index in [4.69, 9.17) is 4.74 Å². The number of amides is 1. The number of halogens is 1. The Morgan fingerprint density at radius 1 is 1.29 bits per heavy atom. The first-order chi connectivity index (χ1) is 11.6. The van der Waals surface area contributed by atoms with Crippen molar-refractivity contribution in [3.8, 4) is 11.3 Å². The normalized spacial score (nSPS) is 18.0. The number of aromatic nitrogens is 1. The quantitative estimate of drug-likeness (QED) is 0.932. The summed E-state index contributed by atoms with van der Waals surface area (Å²) in [6.07, 6.45) is 0.501. The molecular weight excluding hydrogens is 311 g/mol. The molecule has 0 saturated carbocycles. The number of hydrogen-bond donors (Lipinski definition) is 1. The fourth-order valence-corrected chi connectivity index (χ4v) is 3.09. The van der Waals surface area contributed by atoms with Crippen LogP contribution in [-0.2, 0) is 11.8 Å². The molecule has 0 radical (unpaired) electrons. The van der Waals surface area contributed by atoms with Crippen LogP contribution in [-0.4, -0.2) is 52.9 Å². The second-order valence-electron chi connectivity index (χ2n) is 5.91. The first-order valence-electron chi connectivity index (χ1n) is 8.03. The zero-order valence-corrected chi connectivity index (χ0v) is 13.6. The number of aliphatic hydroxyl groups excluding tert-OH is 1. The topological polar surface area (TPSA) is 54.7 Å². The van der Waals surface area contributed by atoms with Crippen molar-refractivity contribution in [3.63, 3.8) is 0 Å². The molecule has 2 aromatic rings. The maximum Gasteiger partial charge on any atom is 0.270 e. The van der Waals surface area contributed by atoms with Gasteiger partial charge in [-0.1, -0.05) is 0 Å². The molecule has 0 spiro atoms. The first kappa shape index (κ1) is 16.7. The fourth-order valence-electron chi connectivity index (χ4n) is 3.09. The van der Waals surface area contributed by atoms with E-state index < -0.39 is 0 Å². The van der Waals surface area contributed by atoms with Gasteiger partial charge in [0, 0.05) is 25.9 Å². The molecule has 1 aliphatic rings. The van der Waals surface area contributed by atoms with Crippen LogP contribution in [0.5, 0.6) is 0 Å². The van der Waals surface area contributed by atoms with Crippen LogP contribution in [0.25, 0.3) is 11.3 Å². The second-order valence-corrected chi connectivity index (χ2v) is 5.91. The number of carbonyl (C=O) groups excluding carboxylic acids is 1. The molecule has 128 valence electrons. The lowest BCUT2D eigenvalue weighted by Gasteiger charge is -2.35. The lowest BCUT2D eigenvalue weighted by Crippen LogP contribution is -2.49. The maximum atomic E-state index is 13.1. The predicted octanol–water partition coefficient (Wildman–Crippen LogP) is 2.05. The molecule has 1 saturated heterocycles. The molecule has 1 aromatic heterocycles. The first-order valence-corrected chi connectivity index (χ1v) is 8.03. The van der Waals surface area contributed by atoms with E-state index in [2.05, 4.69) is 0 Å². The zero-order chi connectivity index (χ0) is 17.1. The van der Waals surface area contributed by atoms with Gasteiger partial charge in [0.2, 0.25) is 0 Å². The summed E-state index contributed by atoms with van der Waals surface area (Å²) in [5, 5.41) is 9.19. The summed E-state index contributed by atoms with van der Waals surface area (Å²) in [6, 6.07) is 9.74. The molecule has 0 bridgehead atoms. The van der Waals surface area contributed by atoms with Crippen molar-refractivity contribution in [3.05, 3.63) is 47.9 Å². The van der Waals surface area contributed by atoms with Gasteiger partial charge in [-0.05, 0) is 48.4 Å². The van der Waals surface area contributed by atoms with Gasteiger partial charge in [0.25, 0.3) is 5.91 Å². The lowest BCUT2D eigenvalue weighted by molar-refractivity contribution is -0.00874. The number of rotatable bonds is 4. The zero-order valence-electron chi connectivity index (χ0n) is 13.6. The van der Waals surface area contributed by atoms with Crippen molar-refractivity contribution in [2.45, 2.75) is 12.5 Å². The van der Waals surface area contributed by atoms with E-state index in [9.17, 15) is 14.3 Å². The van der Waals surface area contributed by atoms with Gasteiger partial charge in [-0.15, -0.1) is 0 Å². The fraction of sp³-hybridized carbons (Fsp3) is 0.389. The van der Waals surface area contributed by atoms with Crippen LogP contribution in [0, 0.1) is 5.82 Å². The molecule has 1 unspecified atom stereocenters. The van der Waals surface area contributed by atoms with Crippen LogP contribution in [0.2, 0.25) is 0 Å². The van der Waals surface area contributed by atoms with Gasteiger partial charge in [0.15, 0.2) is 0 Å². The van der Waals surface area contributed by atoms with Crippen molar-refractivity contribution >= 4 is 5.91 Å². The highest BCUT2D eigenvalue weighted by molar-refractivity contribution is 5.94. The summed E-state index contributed by atoms with van der Waals surface area (Å²) in [6.45, 7) is 1.48. The smallest absolute Gasteiger partial charge is 0.270 e. The predicted molar refractivity (Wildman–Crippen MR) is 88.2 cm³/mol. The van der Waals surface area contributed by atoms with E-state index in [1.54, 1.807) is 23.1 Å². The molecule has 24 heavy (non-hydrogen) atoms. The Labute approximate surface area is 140 Å². The molecule has 2 heterocycles. The Morgan fingerprint density at radius 2 is 2.04 bits per heavy atom. The van der Waals surface area contributed by atoms with Gasteiger partial charge < -0.3 is 19.3 Å². The molecule has 5 nitrogen and oxygen atoms in total. The van der Waals surface area contributed by atoms with E-state index in [-0.39, 0.29) is 24.4 Å².